The molecule has 0 unspecified atom stereocenters. The van der Waals surface area contributed by atoms with E-state index in [1.807, 2.05) is 48.2 Å². The summed E-state index contributed by atoms with van der Waals surface area (Å²) in [5, 5.41) is 3.68. The Hall–Kier alpha value is -2.53. The van der Waals surface area contributed by atoms with Crippen molar-refractivity contribution in [3.8, 4) is 5.75 Å². The molecule has 1 aliphatic heterocycles. The van der Waals surface area contributed by atoms with Gasteiger partial charge in [0.05, 0.1) is 6.04 Å². The summed E-state index contributed by atoms with van der Waals surface area (Å²) in [7, 11) is 0. The van der Waals surface area contributed by atoms with E-state index >= 15 is 0 Å². The summed E-state index contributed by atoms with van der Waals surface area (Å²) in [4.78, 5) is 26.7. The van der Waals surface area contributed by atoms with Gasteiger partial charge in [-0.25, -0.2) is 0 Å². The fourth-order valence-corrected chi connectivity index (χ4v) is 3.90. The number of carbonyl (C=O) groups is 2. The number of benzene rings is 2. The van der Waals surface area contributed by atoms with Crippen LogP contribution in [0.2, 0.25) is 5.02 Å². The number of hydrogen-bond donors (Lipinski definition) is 1. The minimum atomic E-state index is -0.129. The zero-order valence-corrected chi connectivity index (χ0v) is 17.9. The molecule has 1 aliphatic carbocycles. The highest BCUT2D eigenvalue weighted by Crippen LogP contribution is 2.32. The van der Waals surface area contributed by atoms with Gasteiger partial charge in [-0.3, -0.25) is 9.59 Å². The quantitative estimate of drug-likeness (QED) is 0.733. The molecule has 0 bridgehead atoms. The highest BCUT2D eigenvalue weighted by Gasteiger charge is 2.35. The molecule has 2 aromatic carbocycles. The summed E-state index contributed by atoms with van der Waals surface area (Å²) >= 11 is 5.92. The molecule has 1 saturated heterocycles. The highest BCUT2D eigenvalue weighted by atomic mass is 35.5. The van der Waals surface area contributed by atoms with Gasteiger partial charge in [-0.05, 0) is 61.7 Å². The smallest absolute Gasteiger partial charge is 0.251 e. The van der Waals surface area contributed by atoms with Gasteiger partial charge in [0.15, 0.2) is 0 Å². The van der Waals surface area contributed by atoms with Crippen molar-refractivity contribution in [2.75, 3.05) is 13.1 Å². The fraction of sp³-hybridized carbons (Fsp3) is 0.417. The third-order valence-electron chi connectivity index (χ3n) is 5.82. The van der Waals surface area contributed by atoms with Gasteiger partial charge in [-0.1, -0.05) is 23.7 Å². The Morgan fingerprint density at radius 3 is 2.23 bits per heavy atom. The largest absolute Gasteiger partial charge is 0.490 e. The molecule has 2 fully saturated rings. The van der Waals surface area contributed by atoms with Gasteiger partial charge in [0.25, 0.3) is 5.91 Å². The Bertz CT molecular complexity index is 886. The van der Waals surface area contributed by atoms with Crippen LogP contribution in [0.1, 0.15) is 54.6 Å². The Balaban J connectivity index is 1.27. The number of rotatable bonds is 6. The predicted molar refractivity (Wildman–Crippen MR) is 117 cm³/mol. The minimum Gasteiger partial charge on any atom is -0.490 e. The van der Waals surface area contributed by atoms with Crippen molar-refractivity contribution in [3.63, 3.8) is 0 Å². The number of amides is 2. The van der Waals surface area contributed by atoms with Crippen molar-refractivity contribution in [1.82, 2.24) is 10.2 Å². The van der Waals surface area contributed by atoms with Crippen LogP contribution < -0.4 is 10.1 Å². The molecule has 1 saturated carbocycles. The monoisotopic (exact) mass is 426 g/mol. The van der Waals surface area contributed by atoms with Crippen LogP contribution >= 0.6 is 11.6 Å². The molecular formula is C24H27ClN2O3. The minimum absolute atomic E-state index is 0.109. The Kier molecular flexibility index (Phi) is 6.28. The second-order valence-electron chi connectivity index (χ2n) is 8.19. The second kappa shape index (κ2) is 9.09. The third kappa shape index (κ3) is 5.14. The van der Waals surface area contributed by atoms with Gasteiger partial charge >= 0.3 is 0 Å². The average Bonchev–Trinajstić information content (AvgIpc) is 3.60. The Morgan fingerprint density at radius 1 is 1.00 bits per heavy atom. The number of hydrogen-bond acceptors (Lipinski definition) is 3. The first kappa shape index (κ1) is 20.7. The van der Waals surface area contributed by atoms with Crippen molar-refractivity contribution < 1.29 is 14.3 Å². The van der Waals surface area contributed by atoms with Gasteiger partial charge in [0.1, 0.15) is 11.9 Å². The molecular weight excluding hydrogens is 400 g/mol. The number of carbonyl (C=O) groups excluding carboxylic acids is 2. The average molecular weight is 427 g/mol. The lowest BCUT2D eigenvalue weighted by atomic mass is 10.1. The maximum Gasteiger partial charge on any atom is 0.251 e. The molecule has 1 atom stereocenters. The van der Waals surface area contributed by atoms with E-state index < -0.39 is 0 Å². The van der Waals surface area contributed by atoms with Gasteiger partial charge < -0.3 is 15.0 Å². The first-order valence-corrected chi connectivity index (χ1v) is 11.0. The number of ether oxygens (including phenoxy) is 1. The van der Waals surface area contributed by atoms with E-state index in [0.717, 1.165) is 50.1 Å². The number of piperidine rings is 1. The molecule has 6 heteroatoms. The third-order valence-corrected chi connectivity index (χ3v) is 6.07. The number of nitrogens with zero attached hydrogens (tertiary/aromatic N) is 1. The number of likely N-dealkylation sites (tertiary alicyclic amines) is 1. The Labute approximate surface area is 182 Å². The van der Waals surface area contributed by atoms with Gasteiger partial charge in [0, 0.05) is 42.4 Å². The summed E-state index contributed by atoms with van der Waals surface area (Å²) in [6.45, 7) is 3.48. The normalized spacial score (nSPS) is 18.0. The van der Waals surface area contributed by atoms with E-state index in [-0.39, 0.29) is 24.0 Å². The van der Waals surface area contributed by atoms with Crippen LogP contribution in [0, 0.1) is 5.92 Å². The van der Waals surface area contributed by atoms with Crippen molar-refractivity contribution in [1.29, 1.82) is 0 Å². The molecule has 2 amide bonds. The molecule has 1 N–H and O–H groups in total. The molecule has 5 nitrogen and oxygen atoms in total. The summed E-state index contributed by atoms with van der Waals surface area (Å²) in [5.74, 6) is 1.22. The van der Waals surface area contributed by atoms with E-state index in [4.69, 9.17) is 16.3 Å². The lowest BCUT2D eigenvalue weighted by Crippen LogP contribution is -2.42. The van der Waals surface area contributed by atoms with Crippen molar-refractivity contribution in [3.05, 3.63) is 64.7 Å². The molecule has 158 valence electrons. The molecule has 4 rings (SSSR count). The topological polar surface area (TPSA) is 58.6 Å². The molecule has 1 heterocycles. The summed E-state index contributed by atoms with van der Waals surface area (Å²) < 4.78 is 6.07. The lowest BCUT2D eigenvalue weighted by molar-refractivity contribution is -0.134. The summed E-state index contributed by atoms with van der Waals surface area (Å²) in [5.41, 5.74) is 1.59. The molecule has 0 aromatic heterocycles. The van der Waals surface area contributed by atoms with Crippen LogP contribution in [0.5, 0.6) is 5.75 Å². The van der Waals surface area contributed by atoms with Crippen LogP contribution in [0.25, 0.3) is 0 Å². The van der Waals surface area contributed by atoms with Crippen LogP contribution in [0.4, 0.5) is 0 Å². The molecule has 2 aliphatic rings. The van der Waals surface area contributed by atoms with Gasteiger partial charge in [0.2, 0.25) is 5.91 Å². The summed E-state index contributed by atoms with van der Waals surface area (Å²) in [6, 6.07) is 14.6. The second-order valence-corrected chi connectivity index (χ2v) is 8.62. The van der Waals surface area contributed by atoms with E-state index in [9.17, 15) is 9.59 Å². The Morgan fingerprint density at radius 2 is 1.63 bits per heavy atom. The van der Waals surface area contributed by atoms with Crippen LogP contribution in [0.15, 0.2) is 48.5 Å². The molecule has 0 spiro atoms. The first-order chi connectivity index (χ1) is 14.5. The van der Waals surface area contributed by atoms with E-state index in [2.05, 4.69) is 5.32 Å². The maximum absolute atomic E-state index is 12.5. The van der Waals surface area contributed by atoms with Crippen LogP contribution in [-0.4, -0.2) is 35.9 Å². The standard InChI is InChI=1S/C24H27ClN2O3/c1-16(17-4-8-20(25)9-5-17)26-23(28)18-6-10-21(11-7-18)30-22-12-14-27(15-13-22)24(29)19-2-3-19/h4-11,16,19,22H,2-3,12-15H2,1H3,(H,26,28)/t16-/m0/s1. The first-order valence-electron chi connectivity index (χ1n) is 10.6. The fourth-order valence-electron chi connectivity index (χ4n) is 3.77. The summed E-state index contributed by atoms with van der Waals surface area (Å²) in [6.07, 6.45) is 3.90. The van der Waals surface area contributed by atoms with E-state index in [1.54, 1.807) is 12.1 Å². The number of halogens is 1. The SMILES string of the molecule is C[C@H](NC(=O)c1ccc(OC2CCN(C(=O)C3CC3)CC2)cc1)c1ccc(Cl)cc1. The van der Waals surface area contributed by atoms with Crippen molar-refractivity contribution >= 4 is 23.4 Å². The maximum atomic E-state index is 12.5. The van der Waals surface area contributed by atoms with E-state index in [1.165, 1.54) is 0 Å². The van der Waals surface area contributed by atoms with Crippen molar-refractivity contribution in [2.24, 2.45) is 5.92 Å². The zero-order chi connectivity index (χ0) is 21.1. The highest BCUT2D eigenvalue weighted by molar-refractivity contribution is 6.30. The van der Waals surface area contributed by atoms with Crippen molar-refractivity contribution in [2.45, 2.75) is 44.8 Å². The predicted octanol–water partition coefficient (Wildman–Crippen LogP) is 4.61. The van der Waals surface area contributed by atoms with Gasteiger partial charge in [-0.15, -0.1) is 0 Å². The molecule has 0 radical (unpaired) electrons. The van der Waals surface area contributed by atoms with E-state index in [0.29, 0.717) is 16.5 Å². The zero-order valence-electron chi connectivity index (χ0n) is 17.1. The van der Waals surface area contributed by atoms with Crippen LogP contribution in [-0.2, 0) is 4.79 Å². The van der Waals surface area contributed by atoms with Gasteiger partial charge in [-0.2, -0.15) is 0 Å². The molecule has 30 heavy (non-hydrogen) atoms. The lowest BCUT2D eigenvalue weighted by Gasteiger charge is -2.32. The number of nitrogens with one attached hydrogen (secondary N) is 1. The molecule has 2 aromatic rings. The van der Waals surface area contributed by atoms with Crippen LogP contribution in [0.3, 0.4) is 0 Å².